The summed E-state index contributed by atoms with van der Waals surface area (Å²) in [6.07, 6.45) is -4.77. The molecular formula is C21H25F3N3O3+. The minimum absolute atomic E-state index is 0.0139. The largest absolute Gasteiger partial charge is 0.573 e. The first-order chi connectivity index (χ1) is 14.1. The van der Waals surface area contributed by atoms with Crippen LogP contribution in [0.25, 0.3) is 0 Å². The fraction of sp³-hybridized carbons (Fsp3) is 0.333. The van der Waals surface area contributed by atoms with Crippen molar-refractivity contribution in [1.82, 2.24) is 0 Å². The van der Waals surface area contributed by atoms with Crippen molar-refractivity contribution < 1.29 is 32.4 Å². The lowest BCUT2D eigenvalue weighted by Gasteiger charge is -2.27. The van der Waals surface area contributed by atoms with E-state index < -0.39 is 12.4 Å². The number of ether oxygens (including phenoxy) is 1. The van der Waals surface area contributed by atoms with Crippen LogP contribution in [0.5, 0.6) is 5.75 Å². The van der Waals surface area contributed by atoms with E-state index in [-0.39, 0.29) is 24.1 Å². The Balaban J connectivity index is 1.93. The van der Waals surface area contributed by atoms with Crippen molar-refractivity contribution in [2.24, 2.45) is 0 Å². The van der Waals surface area contributed by atoms with Gasteiger partial charge in [-0.2, -0.15) is 0 Å². The van der Waals surface area contributed by atoms with Crippen LogP contribution in [0.3, 0.4) is 0 Å². The van der Waals surface area contributed by atoms with Gasteiger partial charge >= 0.3 is 6.36 Å². The number of halogens is 3. The highest BCUT2D eigenvalue weighted by Crippen LogP contribution is 2.23. The third-order valence-electron chi connectivity index (χ3n) is 4.57. The van der Waals surface area contributed by atoms with Crippen molar-refractivity contribution in [1.29, 1.82) is 0 Å². The monoisotopic (exact) mass is 424 g/mol. The normalized spacial score (nSPS) is 13.3. The second-order valence-electron chi connectivity index (χ2n) is 6.78. The van der Waals surface area contributed by atoms with Crippen molar-refractivity contribution in [3.8, 4) is 5.75 Å². The highest BCUT2D eigenvalue weighted by Gasteiger charge is 2.31. The molecule has 0 aromatic heterocycles. The van der Waals surface area contributed by atoms with E-state index in [1.807, 2.05) is 37.3 Å². The Hall–Kier alpha value is -3.07. The van der Waals surface area contributed by atoms with Gasteiger partial charge in [0.05, 0.1) is 7.05 Å². The molecule has 162 valence electrons. The summed E-state index contributed by atoms with van der Waals surface area (Å²) < 4.78 is 40.4. The quantitative estimate of drug-likeness (QED) is 0.685. The molecule has 0 bridgehead atoms. The zero-order chi connectivity index (χ0) is 22.3. The van der Waals surface area contributed by atoms with Gasteiger partial charge < -0.3 is 19.9 Å². The summed E-state index contributed by atoms with van der Waals surface area (Å²) in [6, 6.07) is 13.7. The Labute approximate surface area is 173 Å². The molecule has 0 radical (unpaired) electrons. The fourth-order valence-corrected chi connectivity index (χ4v) is 2.87. The standard InChI is InChI=1S/C21H24F3N3O3/c1-4-27(17-8-6-5-7-9-17)20(29)15(2)26(3)14-19(28)25-16-10-12-18(13-11-16)30-21(22,23)24/h5-13,15H,4,14H2,1-3H3,(H,25,28)/p+1/t15-/m1/s1. The van der Waals surface area contributed by atoms with Gasteiger partial charge in [-0.05, 0) is 50.2 Å². The first-order valence-corrected chi connectivity index (χ1v) is 9.45. The molecule has 0 aliphatic carbocycles. The van der Waals surface area contributed by atoms with E-state index in [1.165, 1.54) is 12.1 Å². The predicted molar refractivity (Wildman–Crippen MR) is 107 cm³/mol. The predicted octanol–water partition coefficient (Wildman–Crippen LogP) is 2.48. The molecule has 0 fully saturated rings. The summed E-state index contributed by atoms with van der Waals surface area (Å²) >= 11 is 0. The van der Waals surface area contributed by atoms with E-state index in [1.54, 1.807) is 18.9 Å². The van der Waals surface area contributed by atoms with Crippen LogP contribution in [0, 0.1) is 0 Å². The molecule has 1 unspecified atom stereocenters. The summed E-state index contributed by atoms with van der Waals surface area (Å²) in [5, 5.41) is 2.61. The highest BCUT2D eigenvalue weighted by atomic mass is 19.4. The molecule has 2 aromatic carbocycles. The topological polar surface area (TPSA) is 63.1 Å². The number of alkyl halides is 3. The minimum Gasteiger partial charge on any atom is -0.406 e. The number of benzene rings is 2. The molecule has 0 saturated heterocycles. The van der Waals surface area contributed by atoms with E-state index in [0.717, 1.165) is 17.8 Å². The van der Waals surface area contributed by atoms with Crippen molar-refractivity contribution >= 4 is 23.2 Å². The maximum Gasteiger partial charge on any atom is 0.573 e. The molecule has 2 aromatic rings. The summed E-state index contributed by atoms with van der Waals surface area (Å²) in [5.74, 6) is -0.843. The number of nitrogens with zero attached hydrogens (tertiary/aromatic N) is 1. The van der Waals surface area contributed by atoms with Crippen LogP contribution in [0.1, 0.15) is 13.8 Å². The van der Waals surface area contributed by atoms with Crippen LogP contribution in [0.2, 0.25) is 0 Å². The Kier molecular flexibility index (Phi) is 7.82. The van der Waals surface area contributed by atoms with Crippen molar-refractivity contribution in [2.75, 3.05) is 30.4 Å². The molecular weight excluding hydrogens is 399 g/mol. The van der Waals surface area contributed by atoms with Gasteiger partial charge in [-0.1, -0.05) is 18.2 Å². The average molecular weight is 424 g/mol. The molecule has 2 atom stereocenters. The van der Waals surface area contributed by atoms with E-state index in [9.17, 15) is 22.8 Å². The lowest BCUT2D eigenvalue weighted by molar-refractivity contribution is -0.885. The lowest BCUT2D eigenvalue weighted by Crippen LogP contribution is -3.15. The molecule has 6 nitrogen and oxygen atoms in total. The zero-order valence-corrected chi connectivity index (χ0v) is 17.0. The van der Waals surface area contributed by atoms with Gasteiger partial charge in [0.15, 0.2) is 12.6 Å². The molecule has 0 heterocycles. The number of quaternary nitrogens is 1. The SMILES string of the molecule is CCN(C(=O)[C@@H](C)[NH+](C)CC(=O)Nc1ccc(OC(F)(F)F)cc1)c1ccccc1. The van der Waals surface area contributed by atoms with E-state index >= 15 is 0 Å². The molecule has 0 aliphatic rings. The molecule has 2 N–H and O–H groups in total. The molecule has 0 saturated carbocycles. The number of likely N-dealkylation sites (N-methyl/N-ethyl adjacent to an activating group) is 2. The zero-order valence-electron chi connectivity index (χ0n) is 17.0. The summed E-state index contributed by atoms with van der Waals surface area (Å²) in [7, 11) is 1.74. The maximum atomic E-state index is 12.9. The second-order valence-corrected chi connectivity index (χ2v) is 6.78. The van der Waals surface area contributed by atoms with E-state index in [4.69, 9.17) is 0 Å². The van der Waals surface area contributed by atoms with Gasteiger partial charge in [-0.25, -0.2) is 0 Å². The van der Waals surface area contributed by atoms with Crippen molar-refractivity contribution in [2.45, 2.75) is 26.3 Å². The van der Waals surface area contributed by atoms with Crippen LogP contribution in [-0.4, -0.2) is 44.4 Å². The molecule has 2 rings (SSSR count). The fourth-order valence-electron chi connectivity index (χ4n) is 2.87. The number of carbonyl (C=O) groups excluding carboxylic acids is 2. The van der Waals surface area contributed by atoms with Crippen LogP contribution in [0.4, 0.5) is 24.5 Å². The van der Waals surface area contributed by atoms with E-state index in [0.29, 0.717) is 17.1 Å². The van der Waals surface area contributed by atoms with Gasteiger partial charge in [0.1, 0.15) is 5.75 Å². The number of hydrogen-bond donors (Lipinski definition) is 2. The van der Waals surface area contributed by atoms with Gasteiger partial charge in [-0.15, -0.1) is 13.2 Å². The molecule has 2 amide bonds. The smallest absolute Gasteiger partial charge is 0.406 e. The number of hydrogen-bond acceptors (Lipinski definition) is 3. The van der Waals surface area contributed by atoms with Crippen LogP contribution in [0.15, 0.2) is 54.6 Å². The first-order valence-electron chi connectivity index (χ1n) is 9.45. The lowest BCUT2D eigenvalue weighted by atomic mass is 10.2. The average Bonchev–Trinajstić information content (AvgIpc) is 2.69. The molecule has 0 spiro atoms. The molecule has 0 aliphatic heterocycles. The number of nitrogens with one attached hydrogen (secondary N) is 2. The Morgan fingerprint density at radius 2 is 1.70 bits per heavy atom. The van der Waals surface area contributed by atoms with E-state index in [2.05, 4.69) is 10.1 Å². The van der Waals surface area contributed by atoms with Gasteiger partial charge in [0.25, 0.3) is 11.8 Å². The number of carbonyl (C=O) groups is 2. The van der Waals surface area contributed by atoms with Crippen LogP contribution >= 0.6 is 0 Å². The summed E-state index contributed by atoms with van der Waals surface area (Å²) in [5.41, 5.74) is 1.12. The number of anilines is 2. The number of amides is 2. The van der Waals surface area contributed by atoms with Gasteiger partial charge in [-0.3, -0.25) is 9.59 Å². The molecule has 30 heavy (non-hydrogen) atoms. The first kappa shape index (κ1) is 23.2. The number of para-hydroxylation sites is 1. The van der Waals surface area contributed by atoms with Crippen LogP contribution in [-0.2, 0) is 9.59 Å². The third-order valence-corrected chi connectivity index (χ3v) is 4.57. The van der Waals surface area contributed by atoms with Gasteiger partial charge in [0, 0.05) is 17.9 Å². The van der Waals surface area contributed by atoms with Gasteiger partial charge in [0.2, 0.25) is 0 Å². The minimum atomic E-state index is -4.77. The summed E-state index contributed by atoms with van der Waals surface area (Å²) in [6.45, 7) is 4.14. The maximum absolute atomic E-state index is 12.9. The third kappa shape index (κ3) is 6.77. The van der Waals surface area contributed by atoms with Crippen molar-refractivity contribution in [3.05, 3.63) is 54.6 Å². The Morgan fingerprint density at radius 1 is 1.10 bits per heavy atom. The summed E-state index contributed by atoms with van der Waals surface area (Å²) in [4.78, 5) is 27.5. The highest BCUT2D eigenvalue weighted by molar-refractivity contribution is 5.96. The molecule has 9 heteroatoms. The second kappa shape index (κ2) is 10.1. The number of rotatable bonds is 8. The Bertz CT molecular complexity index is 842. The van der Waals surface area contributed by atoms with Crippen molar-refractivity contribution in [3.63, 3.8) is 0 Å². The van der Waals surface area contributed by atoms with Crippen LogP contribution < -0.4 is 19.9 Å². The Morgan fingerprint density at radius 3 is 2.23 bits per heavy atom.